The molecule has 1 aliphatic heterocycles. The Morgan fingerprint density at radius 3 is 2.73 bits per heavy atom. The molecular formula is C25H27IN4O2S. The van der Waals surface area contributed by atoms with E-state index in [0.29, 0.717) is 18.3 Å². The van der Waals surface area contributed by atoms with Crippen LogP contribution in [0.2, 0.25) is 0 Å². The summed E-state index contributed by atoms with van der Waals surface area (Å²) in [7, 11) is 0. The van der Waals surface area contributed by atoms with E-state index in [4.69, 9.17) is 4.52 Å². The van der Waals surface area contributed by atoms with Crippen molar-refractivity contribution in [1.82, 2.24) is 19.9 Å². The Bertz CT molecular complexity index is 1270. The summed E-state index contributed by atoms with van der Waals surface area (Å²) in [6.07, 6.45) is 1.97. The summed E-state index contributed by atoms with van der Waals surface area (Å²) in [5, 5.41) is 8.63. The van der Waals surface area contributed by atoms with Gasteiger partial charge in [-0.05, 0) is 73.5 Å². The van der Waals surface area contributed by atoms with Gasteiger partial charge in [-0.15, -0.1) is 11.3 Å². The molecule has 1 aromatic carbocycles. The minimum absolute atomic E-state index is 0.0225. The predicted molar refractivity (Wildman–Crippen MR) is 141 cm³/mol. The van der Waals surface area contributed by atoms with Crippen LogP contribution in [0.1, 0.15) is 42.9 Å². The Labute approximate surface area is 211 Å². The Morgan fingerprint density at radius 2 is 2.00 bits per heavy atom. The normalized spacial score (nSPS) is 15.5. The van der Waals surface area contributed by atoms with Crippen LogP contribution in [-0.2, 0) is 6.54 Å². The molecule has 0 saturated carbocycles. The number of nitrogens with zero attached hydrogens (tertiary/aromatic N) is 3. The van der Waals surface area contributed by atoms with Crippen molar-refractivity contribution in [3.63, 3.8) is 0 Å². The van der Waals surface area contributed by atoms with Gasteiger partial charge in [0.05, 0.1) is 14.3 Å². The Kier molecular flexibility index (Phi) is 6.58. The number of hydrogen-bond acceptors (Lipinski definition) is 5. The summed E-state index contributed by atoms with van der Waals surface area (Å²) in [4.78, 5) is 16.9. The largest absolute Gasteiger partial charge is 0.355 e. The molecule has 4 heterocycles. The first-order chi connectivity index (χ1) is 16.0. The van der Waals surface area contributed by atoms with Gasteiger partial charge in [0, 0.05) is 42.1 Å². The number of piperidine rings is 1. The molecule has 1 aliphatic rings. The van der Waals surface area contributed by atoms with Crippen LogP contribution in [0, 0.1) is 2.88 Å². The van der Waals surface area contributed by atoms with Gasteiger partial charge < -0.3 is 19.3 Å². The molecule has 0 atom stereocenters. The van der Waals surface area contributed by atoms with Crippen molar-refractivity contribution in [3.8, 4) is 10.6 Å². The van der Waals surface area contributed by atoms with Crippen LogP contribution in [-0.4, -0.2) is 45.7 Å². The lowest BCUT2D eigenvalue weighted by molar-refractivity contribution is 0.0892. The third-order valence-corrected chi connectivity index (χ3v) is 8.24. The van der Waals surface area contributed by atoms with Gasteiger partial charge >= 0.3 is 0 Å². The van der Waals surface area contributed by atoms with E-state index < -0.39 is 0 Å². The zero-order valence-electron chi connectivity index (χ0n) is 18.8. The van der Waals surface area contributed by atoms with Gasteiger partial charge in [-0.3, -0.25) is 4.79 Å². The highest BCUT2D eigenvalue weighted by atomic mass is 127. The molecule has 3 aromatic heterocycles. The van der Waals surface area contributed by atoms with Crippen LogP contribution in [0.25, 0.3) is 21.5 Å². The molecule has 0 radical (unpaired) electrons. The first-order valence-electron chi connectivity index (χ1n) is 11.3. The molecule has 172 valence electrons. The summed E-state index contributed by atoms with van der Waals surface area (Å²) >= 11 is 3.98. The molecule has 33 heavy (non-hydrogen) atoms. The highest BCUT2D eigenvalue weighted by Crippen LogP contribution is 2.30. The van der Waals surface area contributed by atoms with E-state index in [1.165, 1.54) is 2.88 Å². The van der Waals surface area contributed by atoms with Crippen molar-refractivity contribution < 1.29 is 9.32 Å². The fourth-order valence-electron chi connectivity index (χ4n) is 4.50. The number of fused-ring (bicyclic) bond motifs is 1. The van der Waals surface area contributed by atoms with Crippen molar-refractivity contribution in [2.75, 3.05) is 13.1 Å². The number of carbonyl (C=O) groups excluding carboxylic acids is 1. The molecule has 6 nitrogen and oxygen atoms in total. The van der Waals surface area contributed by atoms with Crippen molar-refractivity contribution in [2.45, 2.75) is 45.3 Å². The quantitative estimate of drug-likeness (QED) is 0.304. The standard InChI is InChI=1S/C25H27IN4O2S/c1-16(2)29-11-9-18(10-12-29)27-25(31)21-13-17-5-3-4-6-20(17)30(21)15-19-14-22(32-28-19)23-7-8-24(26)33-23/h3-8,13-14,16,18H,9-12,15H2,1-2H3,(H,27,31). The summed E-state index contributed by atoms with van der Waals surface area (Å²) in [5.41, 5.74) is 2.49. The van der Waals surface area contributed by atoms with Crippen molar-refractivity contribution in [1.29, 1.82) is 0 Å². The monoisotopic (exact) mass is 574 g/mol. The van der Waals surface area contributed by atoms with E-state index >= 15 is 0 Å². The lowest BCUT2D eigenvalue weighted by atomic mass is 10.0. The molecule has 1 saturated heterocycles. The van der Waals surface area contributed by atoms with Crippen LogP contribution in [0.15, 0.2) is 53.1 Å². The van der Waals surface area contributed by atoms with Gasteiger partial charge in [0.1, 0.15) is 11.4 Å². The smallest absolute Gasteiger partial charge is 0.268 e. The van der Waals surface area contributed by atoms with Gasteiger partial charge in [-0.2, -0.15) is 0 Å². The van der Waals surface area contributed by atoms with Crippen LogP contribution >= 0.6 is 33.9 Å². The zero-order chi connectivity index (χ0) is 22.9. The molecular weight excluding hydrogens is 547 g/mol. The van der Waals surface area contributed by atoms with Crippen molar-refractivity contribution in [3.05, 3.63) is 62.8 Å². The maximum atomic E-state index is 13.3. The molecule has 1 amide bonds. The van der Waals surface area contributed by atoms with Gasteiger partial charge in [0.2, 0.25) is 0 Å². The molecule has 1 fully saturated rings. The third-order valence-electron chi connectivity index (χ3n) is 6.33. The van der Waals surface area contributed by atoms with Crippen molar-refractivity contribution in [2.24, 2.45) is 0 Å². The van der Waals surface area contributed by atoms with Crippen LogP contribution in [0.4, 0.5) is 0 Å². The Balaban J connectivity index is 1.38. The number of halogens is 1. The number of nitrogens with one attached hydrogen (secondary N) is 1. The predicted octanol–water partition coefficient (Wildman–Crippen LogP) is 5.61. The number of rotatable bonds is 6. The molecule has 4 aromatic rings. The average molecular weight is 574 g/mol. The summed E-state index contributed by atoms with van der Waals surface area (Å²) in [6, 6.07) is 16.9. The summed E-state index contributed by atoms with van der Waals surface area (Å²) < 4.78 is 8.87. The van der Waals surface area contributed by atoms with Crippen LogP contribution in [0.5, 0.6) is 0 Å². The number of amides is 1. The summed E-state index contributed by atoms with van der Waals surface area (Å²) in [5.74, 6) is 0.739. The van der Waals surface area contributed by atoms with Crippen LogP contribution < -0.4 is 5.32 Å². The molecule has 1 N–H and O–H groups in total. The van der Waals surface area contributed by atoms with E-state index in [1.807, 2.05) is 41.0 Å². The summed E-state index contributed by atoms with van der Waals surface area (Å²) in [6.45, 7) is 6.98. The molecule has 0 bridgehead atoms. The molecule has 5 rings (SSSR count). The second-order valence-electron chi connectivity index (χ2n) is 8.84. The minimum Gasteiger partial charge on any atom is -0.355 e. The highest BCUT2D eigenvalue weighted by molar-refractivity contribution is 14.1. The lowest BCUT2D eigenvalue weighted by Crippen LogP contribution is -2.46. The number of carbonyl (C=O) groups is 1. The number of para-hydroxylation sites is 1. The van der Waals surface area contributed by atoms with Crippen LogP contribution in [0.3, 0.4) is 0 Å². The molecule has 0 aliphatic carbocycles. The zero-order valence-corrected chi connectivity index (χ0v) is 21.7. The van der Waals surface area contributed by atoms with Gasteiger partial charge in [0.15, 0.2) is 5.76 Å². The molecule has 0 spiro atoms. The molecule has 0 unspecified atom stereocenters. The second kappa shape index (κ2) is 9.60. The lowest BCUT2D eigenvalue weighted by Gasteiger charge is -2.34. The maximum absolute atomic E-state index is 13.3. The van der Waals surface area contributed by atoms with E-state index in [2.05, 4.69) is 63.9 Å². The number of thiophene rings is 1. The van der Waals surface area contributed by atoms with E-state index in [-0.39, 0.29) is 11.9 Å². The second-order valence-corrected chi connectivity index (χ2v) is 11.8. The maximum Gasteiger partial charge on any atom is 0.268 e. The average Bonchev–Trinajstić information content (AvgIpc) is 3.53. The number of benzene rings is 1. The fourth-order valence-corrected chi connectivity index (χ4v) is 6.07. The fraction of sp³-hybridized carbons (Fsp3) is 0.360. The van der Waals surface area contributed by atoms with Gasteiger partial charge in [0.25, 0.3) is 5.91 Å². The Morgan fingerprint density at radius 1 is 1.21 bits per heavy atom. The third kappa shape index (κ3) is 4.88. The van der Waals surface area contributed by atoms with E-state index in [1.54, 1.807) is 11.3 Å². The SMILES string of the molecule is CC(C)N1CCC(NC(=O)c2cc3ccccc3n2Cc2cc(-c3ccc(I)s3)on2)CC1. The number of aromatic nitrogens is 2. The number of likely N-dealkylation sites (tertiary alicyclic amines) is 1. The van der Waals surface area contributed by atoms with E-state index in [0.717, 1.165) is 53.2 Å². The van der Waals surface area contributed by atoms with Gasteiger partial charge in [-0.1, -0.05) is 23.4 Å². The van der Waals surface area contributed by atoms with E-state index in [9.17, 15) is 4.79 Å². The highest BCUT2D eigenvalue weighted by Gasteiger charge is 2.24. The minimum atomic E-state index is -0.0225. The van der Waals surface area contributed by atoms with Gasteiger partial charge in [-0.25, -0.2) is 0 Å². The number of hydrogen-bond donors (Lipinski definition) is 1. The van der Waals surface area contributed by atoms with Crippen molar-refractivity contribution >= 4 is 50.7 Å². The topological polar surface area (TPSA) is 63.3 Å². The first-order valence-corrected chi connectivity index (χ1v) is 13.2. The Hall–Kier alpha value is -2.17. The molecule has 8 heteroatoms. The first kappa shape index (κ1) is 22.6.